The van der Waals surface area contributed by atoms with Gasteiger partial charge in [-0.05, 0) is 24.1 Å². The van der Waals surface area contributed by atoms with Crippen LogP contribution in [0, 0.1) is 0 Å². The molecule has 4 nitrogen and oxygen atoms in total. The van der Waals surface area contributed by atoms with E-state index in [1.807, 2.05) is 72.8 Å². The van der Waals surface area contributed by atoms with Crippen molar-refractivity contribution in [3.05, 3.63) is 83.0 Å². The molecular formula is C21H19ClN2O2. The van der Waals surface area contributed by atoms with E-state index in [9.17, 15) is 4.79 Å². The number of hydrogen-bond acceptors (Lipinski definition) is 3. The zero-order chi connectivity index (χ0) is 18.2. The van der Waals surface area contributed by atoms with E-state index in [1.165, 1.54) is 0 Å². The Labute approximate surface area is 157 Å². The Kier molecular flexibility index (Phi) is 6.23. The topological polar surface area (TPSA) is 51.2 Å². The monoisotopic (exact) mass is 366 g/mol. The van der Waals surface area contributed by atoms with E-state index in [0.29, 0.717) is 18.1 Å². The molecule has 1 amide bonds. The number of rotatable bonds is 6. The molecule has 132 valence electrons. The van der Waals surface area contributed by atoms with Crippen molar-refractivity contribution >= 4 is 34.7 Å². The number of amides is 1. The number of ether oxygens (including phenoxy) is 1. The molecule has 0 fully saturated rings. The molecular weight excluding hydrogens is 348 g/mol. The first kappa shape index (κ1) is 18.0. The molecule has 1 heterocycles. The van der Waals surface area contributed by atoms with Crippen LogP contribution in [0.3, 0.4) is 0 Å². The average Bonchev–Trinajstić information content (AvgIpc) is 2.67. The molecule has 0 unspecified atom stereocenters. The van der Waals surface area contributed by atoms with Crippen LogP contribution in [-0.2, 0) is 11.3 Å². The molecule has 0 saturated carbocycles. The molecule has 0 spiro atoms. The second-order valence-corrected chi connectivity index (χ2v) is 6.10. The Morgan fingerprint density at radius 2 is 1.88 bits per heavy atom. The van der Waals surface area contributed by atoms with Crippen LogP contribution in [0.25, 0.3) is 17.0 Å². The largest absolute Gasteiger partial charge is 0.445 e. The maximum absolute atomic E-state index is 11.7. The number of pyridine rings is 1. The Hall–Kier alpha value is -2.85. The summed E-state index contributed by atoms with van der Waals surface area (Å²) in [6, 6.07) is 19.4. The van der Waals surface area contributed by atoms with Gasteiger partial charge in [-0.2, -0.15) is 0 Å². The van der Waals surface area contributed by atoms with E-state index >= 15 is 0 Å². The van der Waals surface area contributed by atoms with Crippen LogP contribution in [0.15, 0.2) is 66.7 Å². The number of carbonyl (C=O) groups is 1. The summed E-state index contributed by atoms with van der Waals surface area (Å²) in [5.74, 6) is 0. The molecule has 0 atom stereocenters. The molecule has 0 radical (unpaired) electrons. The van der Waals surface area contributed by atoms with Gasteiger partial charge >= 0.3 is 6.09 Å². The van der Waals surface area contributed by atoms with E-state index in [2.05, 4.69) is 10.3 Å². The lowest BCUT2D eigenvalue weighted by Gasteiger charge is -2.06. The van der Waals surface area contributed by atoms with Crippen LogP contribution in [-0.4, -0.2) is 17.6 Å². The van der Waals surface area contributed by atoms with Crippen molar-refractivity contribution in [1.82, 2.24) is 10.3 Å². The number of para-hydroxylation sites is 1. The summed E-state index contributed by atoms with van der Waals surface area (Å²) in [6.45, 7) is 0.754. The quantitative estimate of drug-likeness (QED) is 0.480. The highest BCUT2D eigenvalue weighted by Gasteiger charge is 2.03. The summed E-state index contributed by atoms with van der Waals surface area (Å²) in [5.41, 5.74) is 2.69. The molecule has 1 N–H and O–H groups in total. The fourth-order valence-corrected chi connectivity index (χ4v) is 2.68. The number of alkyl carbamates (subject to hydrolysis) is 1. The van der Waals surface area contributed by atoms with Gasteiger partial charge in [-0.25, -0.2) is 9.78 Å². The smallest absolute Gasteiger partial charge is 0.407 e. The Morgan fingerprint density at radius 1 is 1.12 bits per heavy atom. The first-order chi connectivity index (χ1) is 12.7. The van der Waals surface area contributed by atoms with Gasteiger partial charge in [0.25, 0.3) is 0 Å². The third kappa shape index (κ3) is 5.07. The lowest BCUT2D eigenvalue weighted by atomic mass is 10.1. The lowest BCUT2D eigenvalue weighted by molar-refractivity contribution is 0.140. The SMILES string of the molecule is O=C(NCCC=Cc1cc2ccccc2nc1Cl)OCc1ccccc1. The number of nitrogens with one attached hydrogen (secondary N) is 1. The van der Waals surface area contributed by atoms with Crippen molar-refractivity contribution in [3.8, 4) is 0 Å². The summed E-state index contributed by atoms with van der Waals surface area (Å²) in [5, 5.41) is 4.23. The van der Waals surface area contributed by atoms with Gasteiger partial charge < -0.3 is 10.1 Å². The summed E-state index contributed by atoms with van der Waals surface area (Å²) in [7, 11) is 0. The van der Waals surface area contributed by atoms with Crippen LogP contribution in [0.4, 0.5) is 4.79 Å². The minimum atomic E-state index is -0.423. The molecule has 26 heavy (non-hydrogen) atoms. The Balaban J connectivity index is 1.44. The number of halogens is 1. The number of aromatic nitrogens is 1. The lowest BCUT2D eigenvalue weighted by Crippen LogP contribution is -2.24. The van der Waals surface area contributed by atoms with E-state index in [4.69, 9.17) is 16.3 Å². The van der Waals surface area contributed by atoms with Crippen molar-refractivity contribution in [2.45, 2.75) is 13.0 Å². The van der Waals surface area contributed by atoms with Gasteiger partial charge in [-0.15, -0.1) is 0 Å². The zero-order valence-electron chi connectivity index (χ0n) is 14.2. The van der Waals surface area contributed by atoms with Gasteiger partial charge in [0, 0.05) is 17.5 Å². The Morgan fingerprint density at radius 3 is 2.73 bits per heavy atom. The highest BCUT2D eigenvalue weighted by atomic mass is 35.5. The molecule has 3 rings (SSSR count). The van der Waals surface area contributed by atoms with Gasteiger partial charge in [-0.3, -0.25) is 0 Å². The van der Waals surface area contributed by atoms with E-state index in [0.717, 1.165) is 22.0 Å². The normalized spacial score (nSPS) is 11.0. The van der Waals surface area contributed by atoms with Crippen molar-refractivity contribution in [2.24, 2.45) is 0 Å². The van der Waals surface area contributed by atoms with Crippen molar-refractivity contribution < 1.29 is 9.53 Å². The minimum absolute atomic E-state index is 0.265. The third-order valence-electron chi connectivity index (χ3n) is 3.80. The molecule has 2 aromatic carbocycles. The van der Waals surface area contributed by atoms with Gasteiger partial charge in [0.1, 0.15) is 11.8 Å². The zero-order valence-corrected chi connectivity index (χ0v) is 14.9. The standard InChI is InChI=1S/C21H19ClN2O2/c22-20-18(14-17-10-4-5-12-19(17)24-20)11-6-7-13-23-21(25)26-15-16-8-2-1-3-9-16/h1-6,8-12,14H,7,13,15H2,(H,23,25). The average molecular weight is 367 g/mol. The first-order valence-corrected chi connectivity index (χ1v) is 8.76. The highest BCUT2D eigenvalue weighted by Crippen LogP contribution is 2.21. The summed E-state index contributed by atoms with van der Waals surface area (Å²) in [4.78, 5) is 16.0. The number of benzene rings is 2. The number of fused-ring (bicyclic) bond motifs is 1. The van der Waals surface area contributed by atoms with Crippen molar-refractivity contribution in [1.29, 1.82) is 0 Å². The molecule has 0 aliphatic rings. The van der Waals surface area contributed by atoms with Crippen LogP contribution < -0.4 is 5.32 Å². The van der Waals surface area contributed by atoms with Gasteiger partial charge in [-0.1, -0.05) is 72.3 Å². The van der Waals surface area contributed by atoms with E-state index in [1.54, 1.807) is 0 Å². The van der Waals surface area contributed by atoms with E-state index < -0.39 is 6.09 Å². The van der Waals surface area contributed by atoms with Crippen molar-refractivity contribution in [2.75, 3.05) is 6.54 Å². The maximum Gasteiger partial charge on any atom is 0.407 e. The van der Waals surface area contributed by atoms with Crippen LogP contribution >= 0.6 is 11.6 Å². The first-order valence-electron chi connectivity index (χ1n) is 8.39. The number of carbonyl (C=O) groups excluding carboxylic acids is 1. The predicted molar refractivity (Wildman–Crippen MR) is 105 cm³/mol. The molecule has 0 aliphatic carbocycles. The minimum Gasteiger partial charge on any atom is -0.445 e. The van der Waals surface area contributed by atoms with Gasteiger partial charge in [0.2, 0.25) is 0 Å². The summed E-state index contributed by atoms with van der Waals surface area (Å²) >= 11 is 6.21. The Bertz CT molecular complexity index is 910. The summed E-state index contributed by atoms with van der Waals surface area (Å²) < 4.78 is 5.15. The highest BCUT2D eigenvalue weighted by molar-refractivity contribution is 6.31. The van der Waals surface area contributed by atoms with E-state index in [-0.39, 0.29) is 6.61 Å². The number of nitrogens with zero attached hydrogens (tertiary/aromatic N) is 1. The molecule has 0 saturated heterocycles. The second kappa shape index (κ2) is 9.02. The molecule has 0 aliphatic heterocycles. The van der Waals surface area contributed by atoms with Gasteiger partial charge in [0.15, 0.2) is 0 Å². The van der Waals surface area contributed by atoms with Crippen LogP contribution in [0.5, 0.6) is 0 Å². The van der Waals surface area contributed by atoms with Crippen LogP contribution in [0.1, 0.15) is 17.5 Å². The van der Waals surface area contributed by atoms with Crippen LogP contribution in [0.2, 0.25) is 5.15 Å². The summed E-state index contributed by atoms with van der Waals surface area (Å²) in [6.07, 6.45) is 4.12. The second-order valence-electron chi connectivity index (χ2n) is 5.74. The maximum atomic E-state index is 11.7. The molecule has 5 heteroatoms. The predicted octanol–water partition coefficient (Wildman–Crippen LogP) is 5.22. The fourth-order valence-electron chi connectivity index (χ4n) is 2.47. The molecule has 0 bridgehead atoms. The fraction of sp³-hybridized carbons (Fsp3) is 0.143. The molecule has 3 aromatic rings. The van der Waals surface area contributed by atoms with Crippen molar-refractivity contribution in [3.63, 3.8) is 0 Å². The molecule has 1 aromatic heterocycles. The third-order valence-corrected chi connectivity index (χ3v) is 4.10. The number of hydrogen-bond donors (Lipinski definition) is 1. The van der Waals surface area contributed by atoms with Gasteiger partial charge in [0.05, 0.1) is 5.52 Å².